The maximum atomic E-state index is 12.5. The summed E-state index contributed by atoms with van der Waals surface area (Å²) in [6.07, 6.45) is 0. The number of ether oxygens (including phenoxy) is 2. The van der Waals surface area contributed by atoms with E-state index in [0.29, 0.717) is 17.1 Å². The van der Waals surface area contributed by atoms with E-state index in [0.717, 1.165) is 0 Å². The first-order valence-electron chi connectivity index (χ1n) is 7.29. The number of carbonyl (C=O) groups is 2. The Balaban J connectivity index is 1.81. The zero-order chi connectivity index (χ0) is 16.8. The average molecular weight is 338 g/mol. The van der Waals surface area contributed by atoms with Crippen molar-refractivity contribution in [1.29, 1.82) is 0 Å². The average Bonchev–Trinajstić information content (AvgIpc) is 3.11. The highest BCUT2D eigenvalue weighted by atomic mass is 32.1. The fourth-order valence-corrected chi connectivity index (χ4v) is 2.82. The summed E-state index contributed by atoms with van der Waals surface area (Å²) in [6.45, 7) is 0. The largest absolute Gasteiger partial charge is 0.426 e. The van der Waals surface area contributed by atoms with Crippen LogP contribution < -0.4 is 9.47 Å². The number of rotatable bonds is 5. The van der Waals surface area contributed by atoms with Gasteiger partial charge in [0.2, 0.25) is 0 Å². The zero-order valence-electron chi connectivity index (χ0n) is 12.6. The van der Waals surface area contributed by atoms with Crippen LogP contribution in [0, 0.1) is 0 Å². The monoisotopic (exact) mass is 338 g/mol. The van der Waals surface area contributed by atoms with Gasteiger partial charge in [0, 0.05) is 0 Å². The first kappa shape index (κ1) is 16.0. The van der Waals surface area contributed by atoms with Gasteiger partial charge in [-0.05, 0) is 46.7 Å². The van der Waals surface area contributed by atoms with Crippen LogP contribution in [0.25, 0.3) is 0 Å². The predicted molar refractivity (Wildman–Crippen MR) is 91.2 cm³/mol. The Kier molecular flexibility index (Phi) is 5.03. The molecule has 0 atom stereocenters. The van der Waals surface area contributed by atoms with Crippen molar-refractivity contribution in [2.75, 3.05) is 0 Å². The third kappa shape index (κ3) is 3.88. The molecule has 24 heavy (non-hydrogen) atoms. The maximum absolute atomic E-state index is 12.5. The molecule has 0 saturated carbocycles. The molecule has 0 radical (unpaired) electrons. The van der Waals surface area contributed by atoms with Gasteiger partial charge in [-0.15, -0.1) is 0 Å². The summed E-state index contributed by atoms with van der Waals surface area (Å²) in [6, 6.07) is 19.0. The fourth-order valence-electron chi connectivity index (χ4n) is 2.13. The molecule has 0 unspecified atom stereocenters. The Hall–Kier alpha value is -2.92. The Morgan fingerprint density at radius 1 is 0.750 bits per heavy atom. The van der Waals surface area contributed by atoms with Crippen molar-refractivity contribution < 1.29 is 19.1 Å². The van der Waals surface area contributed by atoms with Crippen molar-refractivity contribution in [1.82, 2.24) is 0 Å². The fraction of sp³-hybridized carbons (Fsp3) is 0.0526. The van der Waals surface area contributed by atoms with Crippen LogP contribution in [-0.2, 0) is 9.59 Å². The Morgan fingerprint density at radius 2 is 1.25 bits per heavy atom. The van der Waals surface area contributed by atoms with Gasteiger partial charge < -0.3 is 9.47 Å². The topological polar surface area (TPSA) is 52.6 Å². The van der Waals surface area contributed by atoms with E-state index >= 15 is 0 Å². The number of hydrogen-bond donors (Lipinski definition) is 0. The molecule has 3 aromatic rings. The van der Waals surface area contributed by atoms with Crippen molar-refractivity contribution in [3.63, 3.8) is 0 Å². The number of thiophene rings is 1. The molecular formula is C19H14O4S. The van der Waals surface area contributed by atoms with Crippen molar-refractivity contribution in [2.24, 2.45) is 0 Å². The summed E-state index contributed by atoms with van der Waals surface area (Å²) >= 11 is 1.40. The van der Waals surface area contributed by atoms with Crippen molar-refractivity contribution >= 4 is 23.3 Å². The second-order valence-electron chi connectivity index (χ2n) is 4.96. The summed E-state index contributed by atoms with van der Waals surface area (Å²) in [5.74, 6) is -1.69. The standard InChI is InChI=1S/C19H14O4S/c20-18(22-15-7-3-1-4-8-15)17(14-11-12-24-13-14)19(21)23-16-9-5-2-6-10-16/h1-13,17H. The second-order valence-corrected chi connectivity index (χ2v) is 5.74. The summed E-state index contributed by atoms with van der Waals surface area (Å²) < 4.78 is 10.6. The van der Waals surface area contributed by atoms with Gasteiger partial charge in [0.1, 0.15) is 11.5 Å². The minimum Gasteiger partial charge on any atom is -0.426 e. The van der Waals surface area contributed by atoms with Crippen LogP contribution in [0.15, 0.2) is 77.5 Å². The molecule has 0 aliphatic carbocycles. The minimum atomic E-state index is -1.13. The highest BCUT2D eigenvalue weighted by molar-refractivity contribution is 7.08. The Bertz CT molecular complexity index is 744. The molecule has 0 spiro atoms. The van der Waals surface area contributed by atoms with E-state index in [1.54, 1.807) is 65.4 Å². The minimum absolute atomic E-state index is 0.384. The van der Waals surface area contributed by atoms with Crippen LogP contribution in [0.4, 0.5) is 0 Å². The van der Waals surface area contributed by atoms with Crippen molar-refractivity contribution in [3.05, 3.63) is 83.1 Å². The van der Waals surface area contributed by atoms with Gasteiger partial charge in [0.15, 0.2) is 5.92 Å². The summed E-state index contributed by atoms with van der Waals surface area (Å²) in [5.41, 5.74) is 0.557. The van der Waals surface area contributed by atoms with Gasteiger partial charge in [0.25, 0.3) is 0 Å². The molecule has 2 aromatic carbocycles. The van der Waals surface area contributed by atoms with Gasteiger partial charge >= 0.3 is 11.9 Å². The molecule has 0 amide bonds. The molecule has 0 aliphatic heterocycles. The lowest BCUT2D eigenvalue weighted by Gasteiger charge is -2.14. The van der Waals surface area contributed by atoms with E-state index in [-0.39, 0.29) is 0 Å². The van der Waals surface area contributed by atoms with E-state index in [4.69, 9.17) is 9.47 Å². The van der Waals surface area contributed by atoms with Crippen molar-refractivity contribution in [2.45, 2.75) is 5.92 Å². The third-order valence-corrected chi connectivity index (χ3v) is 3.97. The van der Waals surface area contributed by atoms with Crippen LogP contribution in [-0.4, -0.2) is 11.9 Å². The number of para-hydroxylation sites is 2. The first-order chi connectivity index (χ1) is 11.7. The highest BCUT2D eigenvalue weighted by Gasteiger charge is 2.33. The molecular weight excluding hydrogens is 324 g/mol. The van der Waals surface area contributed by atoms with Gasteiger partial charge in [-0.3, -0.25) is 9.59 Å². The maximum Gasteiger partial charge on any atom is 0.330 e. The highest BCUT2D eigenvalue weighted by Crippen LogP contribution is 2.24. The summed E-state index contributed by atoms with van der Waals surface area (Å²) in [7, 11) is 0. The number of esters is 2. The lowest BCUT2D eigenvalue weighted by molar-refractivity contribution is -0.147. The molecule has 5 heteroatoms. The third-order valence-electron chi connectivity index (χ3n) is 3.27. The van der Waals surface area contributed by atoms with E-state index in [9.17, 15) is 9.59 Å². The van der Waals surface area contributed by atoms with Gasteiger partial charge in [0.05, 0.1) is 0 Å². The van der Waals surface area contributed by atoms with E-state index in [1.807, 2.05) is 12.1 Å². The second kappa shape index (κ2) is 7.57. The lowest BCUT2D eigenvalue weighted by atomic mass is 10.0. The zero-order valence-corrected chi connectivity index (χ0v) is 13.4. The Labute approximate surface area is 143 Å². The molecule has 120 valence electrons. The molecule has 0 saturated heterocycles. The van der Waals surface area contributed by atoms with E-state index < -0.39 is 17.9 Å². The molecule has 0 bridgehead atoms. The van der Waals surface area contributed by atoms with Gasteiger partial charge in [-0.1, -0.05) is 36.4 Å². The molecule has 0 N–H and O–H groups in total. The molecule has 3 rings (SSSR count). The van der Waals surface area contributed by atoms with E-state index in [2.05, 4.69) is 0 Å². The van der Waals surface area contributed by atoms with Gasteiger partial charge in [-0.25, -0.2) is 0 Å². The van der Waals surface area contributed by atoms with E-state index in [1.165, 1.54) is 11.3 Å². The SMILES string of the molecule is O=C(Oc1ccccc1)C(C(=O)Oc1ccccc1)c1ccsc1. The molecule has 1 heterocycles. The summed E-state index contributed by atoms with van der Waals surface area (Å²) in [5, 5.41) is 3.54. The van der Waals surface area contributed by atoms with Crippen LogP contribution >= 0.6 is 11.3 Å². The van der Waals surface area contributed by atoms with Crippen molar-refractivity contribution in [3.8, 4) is 11.5 Å². The van der Waals surface area contributed by atoms with Crippen LogP contribution in [0.1, 0.15) is 11.5 Å². The predicted octanol–water partition coefficient (Wildman–Crippen LogP) is 4.04. The lowest BCUT2D eigenvalue weighted by Crippen LogP contribution is -2.29. The quantitative estimate of drug-likeness (QED) is 0.400. The van der Waals surface area contributed by atoms with Gasteiger partial charge in [-0.2, -0.15) is 11.3 Å². The molecule has 0 fully saturated rings. The molecule has 4 nitrogen and oxygen atoms in total. The molecule has 1 aromatic heterocycles. The molecule has 0 aliphatic rings. The Morgan fingerprint density at radius 3 is 1.67 bits per heavy atom. The summed E-state index contributed by atoms with van der Waals surface area (Å²) in [4.78, 5) is 25.0. The van der Waals surface area contributed by atoms with Crippen LogP contribution in [0.3, 0.4) is 0 Å². The number of hydrogen-bond acceptors (Lipinski definition) is 5. The smallest absolute Gasteiger partial charge is 0.330 e. The number of benzene rings is 2. The van der Waals surface area contributed by atoms with Crippen LogP contribution in [0.2, 0.25) is 0 Å². The normalized spacial score (nSPS) is 10.4. The number of carbonyl (C=O) groups excluding carboxylic acids is 2. The first-order valence-corrected chi connectivity index (χ1v) is 8.24. The van der Waals surface area contributed by atoms with Crippen LogP contribution in [0.5, 0.6) is 11.5 Å².